The van der Waals surface area contributed by atoms with Crippen LogP contribution >= 0.6 is 24.0 Å². The fourth-order valence-corrected chi connectivity index (χ4v) is 2.31. The minimum atomic E-state index is 0.356. The normalized spacial score (nSPS) is 10.6. The number of hydrogen-bond acceptors (Lipinski definition) is 3. The Labute approximate surface area is 109 Å². The fraction of sp³-hybridized carbons (Fsp3) is 0.273. The summed E-state index contributed by atoms with van der Waals surface area (Å²) in [4.78, 5) is 7.79. The standard InChI is InChI=1S/C11H14N4S2/c12-11(16)13-5-6-17-7-10-14-8-3-1-2-4-9(8)15-10/h1-4H,5-7H2,(H,14,15)(H3,12,13,16). The highest BCUT2D eigenvalue weighted by atomic mass is 32.2. The third-order valence-electron chi connectivity index (χ3n) is 2.22. The quantitative estimate of drug-likeness (QED) is 0.567. The Hall–Kier alpha value is -1.27. The van der Waals surface area contributed by atoms with Crippen LogP contribution in [0.3, 0.4) is 0 Å². The first kappa shape index (κ1) is 12.2. The van der Waals surface area contributed by atoms with Gasteiger partial charge in [-0.3, -0.25) is 0 Å². The van der Waals surface area contributed by atoms with Crippen LogP contribution in [0.5, 0.6) is 0 Å². The van der Waals surface area contributed by atoms with E-state index in [1.165, 1.54) is 0 Å². The fourth-order valence-electron chi connectivity index (χ4n) is 1.49. The van der Waals surface area contributed by atoms with E-state index in [1.54, 1.807) is 11.8 Å². The molecule has 0 saturated heterocycles. The number of aromatic nitrogens is 2. The number of nitrogens with two attached hydrogens (primary N) is 1. The zero-order valence-electron chi connectivity index (χ0n) is 9.27. The molecule has 1 heterocycles. The molecule has 0 fully saturated rings. The number of imidazole rings is 1. The number of thioether (sulfide) groups is 1. The summed E-state index contributed by atoms with van der Waals surface area (Å²) < 4.78 is 0. The second-order valence-corrected chi connectivity index (χ2v) is 5.09. The van der Waals surface area contributed by atoms with Crippen LogP contribution in [0.15, 0.2) is 24.3 Å². The molecule has 0 radical (unpaired) electrons. The molecule has 0 amide bonds. The van der Waals surface area contributed by atoms with Crippen molar-refractivity contribution in [3.63, 3.8) is 0 Å². The third kappa shape index (κ3) is 3.61. The van der Waals surface area contributed by atoms with E-state index in [4.69, 9.17) is 18.0 Å². The maximum absolute atomic E-state index is 5.33. The molecule has 6 heteroatoms. The van der Waals surface area contributed by atoms with Gasteiger partial charge in [0, 0.05) is 12.3 Å². The van der Waals surface area contributed by atoms with Crippen molar-refractivity contribution in [3.8, 4) is 0 Å². The number of nitrogens with one attached hydrogen (secondary N) is 2. The molecule has 17 heavy (non-hydrogen) atoms. The van der Waals surface area contributed by atoms with E-state index >= 15 is 0 Å². The number of thiocarbonyl (C=S) groups is 1. The van der Waals surface area contributed by atoms with Crippen molar-refractivity contribution in [2.24, 2.45) is 5.73 Å². The highest BCUT2D eigenvalue weighted by Gasteiger charge is 2.01. The topological polar surface area (TPSA) is 66.7 Å². The number of rotatable bonds is 5. The monoisotopic (exact) mass is 266 g/mol. The SMILES string of the molecule is NC(=S)NCCSCc1nc2ccccc2[nH]1. The summed E-state index contributed by atoms with van der Waals surface area (Å²) in [5.41, 5.74) is 7.43. The van der Waals surface area contributed by atoms with E-state index in [-0.39, 0.29) is 0 Å². The number of para-hydroxylation sites is 2. The Balaban J connectivity index is 1.81. The molecular weight excluding hydrogens is 252 g/mol. The van der Waals surface area contributed by atoms with Crippen molar-refractivity contribution in [1.29, 1.82) is 0 Å². The number of fused-ring (bicyclic) bond motifs is 1. The summed E-state index contributed by atoms with van der Waals surface area (Å²) in [7, 11) is 0. The van der Waals surface area contributed by atoms with Gasteiger partial charge in [-0.05, 0) is 24.4 Å². The first-order valence-electron chi connectivity index (χ1n) is 5.30. The van der Waals surface area contributed by atoms with E-state index in [0.717, 1.165) is 34.9 Å². The Morgan fingerprint density at radius 1 is 1.47 bits per heavy atom. The maximum atomic E-state index is 5.33. The minimum Gasteiger partial charge on any atom is -0.376 e. The number of hydrogen-bond donors (Lipinski definition) is 3. The smallest absolute Gasteiger partial charge is 0.163 e. The molecule has 0 aliphatic heterocycles. The zero-order valence-corrected chi connectivity index (χ0v) is 10.9. The Kier molecular flexibility index (Phi) is 4.22. The van der Waals surface area contributed by atoms with Crippen molar-refractivity contribution in [2.45, 2.75) is 5.75 Å². The van der Waals surface area contributed by atoms with Gasteiger partial charge in [-0.15, -0.1) is 0 Å². The van der Waals surface area contributed by atoms with Gasteiger partial charge in [0.05, 0.1) is 16.8 Å². The molecule has 2 aromatic rings. The number of aromatic amines is 1. The van der Waals surface area contributed by atoms with Gasteiger partial charge < -0.3 is 16.0 Å². The molecule has 0 atom stereocenters. The molecule has 0 aliphatic carbocycles. The van der Waals surface area contributed by atoms with Crippen molar-refractivity contribution in [2.75, 3.05) is 12.3 Å². The molecular formula is C11H14N4S2. The molecule has 0 unspecified atom stereocenters. The van der Waals surface area contributed by atoms with Crippen LogP contribution in [-0.4, -0.2) is 27.4 Å². The molecule has 2 rings (SSSR count). The second-order valence-electron chi connectivity index (χ2n) is 3.54. The predicted octanol–water partition coefficient (Wildman–Crippen LogP) is 1.63. The van der Waals surface area contributed by atoms with Crippen LogP contribution in [0.4, 0.5) is 0 Å². The van der Waals surface area contributed by atoms with Gasteiger partial charge in [0.1, 0.15) is 5.82 Å². The molecule has 0 saturated carbocycles. The lowest BCUT2D eigenvalue weighted by atomic mass is 10.3. The van der Waals surface area contributed by atoms with E-state index < -0.39 is 0 Å². The largest absolute Gasteiger partial charge is 0.376 e. The van der Waals surface area contributed by atoms with Crippen LogP contribution in [0.1, 0.15) is 5.82 Å². The molecule has 1 aromatic carbocycles. The van der Waals surface area contributed by atoms with Gasteiger partial charge in [-0.2, -0.15) is 11.8 Å². The number of nitrogens with zero attached hydrogens (tertiary/aromatic N) is 1. The van der Waals surface area contributed by atoms with E-state index in [1.807, 2.05) is 24.3 Å². The third-order valence-corrected chi connectivity index (χ3v) is 3.34. The van der Waals surface area contributed by atoms with Gasteiger partial charge in [-0.1, -0.05) is 12.1 Å². The minimum absolute atomic E-state index is 0.356. The summed E-state index contributed by atoms with van der Waals surface area (Å²) >= 11 is 6.51. The molecule has 0 spiro atoms. The van der Waals surface area contributed by atoms with Crippen LogP contribution in [-0.2, 0) is 5.75 Å². The summed E-state index contributed by atoms with van der Waals surface area (Å²) in [5.74, 6) is 2.83. The van der Waals surface area contributed by atoms with Gasteiger partial charge in [0.25, 0.3) is 0 Å². The molecule has 0 bridgehead atoms. The summed E-state index contributed by atoms with van der Waals surface area (Å²) in [6.45, 7) is 0.792. The predicted molar refractivity (Wildman–Crippen MR) is 77.0 cm³/mol. The lowest BCUT2D eigenvalue weighted by Crippen LogP contribution is -2.30. The lowest BCUT2D eigenvalue weighted by molar-refractivity contribution is 0.981. The summed E-state index contributed by atoms with van der Waals surface area (Å²) in [6, 6.07) is 8.04. The van der Waals surface area contributed by atoms with E-state index in [9.17, 15) is 0 Å². The van der Waals surface area contributed by atoms with Crippen molar-refractivity contribution in [3.05, 3.63) is 30.1 Å². The highest BCUT2D eigenvalue weighted by Crippen LogP contribution is 2.14. The van der Waals surface area contributed by atoms with Crippen LogP contribution in [0.25, 0.3) is 11.0 Å². The van der Waals surface area contributed by atoms with Gasteiger partial charge in [-0.25, -0.2) is 4.98 Å². The number of H-pyrrole nitrogens is 1. The molecule has 4 nitrogen and oxygen atoms in total. The highest BCUT2D eigenvalue weighted by molar-refractivity contribution is 7.98. The molecule has 0 aliphatic rings. The molecule has 1 aromatic heterocycles. The molecule has 4 N–H and O–H groups in total. The lowest BCUT2D eigenvalue weighted by Gasteiger charge is -2.01. The average Bonchev–Trinajstić information content (AvgIpc) is 2.70. The van der Waals surface area contributed by atoms with Crippen molar-refractivity contribution in [1.82, 2.24) is 15.3 Å². The Morgan fingerprint density at radius 2 is 2.29 bits per heavy atom. The van der Waals surface area contributed by atoms with Crippen LogP contribution in [0.2, 0.25) is 0 Å². The maximum Gasteiger partial charge on any atom is 0.163 e. The van der Waals surface area contributed by atoms with Crippen LogP contribution < -0.4 is 11.1 Å². The second kappa shape index (κ2) is 5.88. The molecule has 90 valence electrons. The summed E-state index contributed by atoms with van der Waals surface area (Å²) in [6.07, 6.45) is 0. The van der Waals surface area contributed by atoms with Gasteiger partial charge in [0.2, 0.25) is 0 Å². The van der Waals surface area contributed by atoms with Crippen molar-refractivity contribution >= 4 is 40.1 Å². The Bertz CT molecular complexity index is 476. The number of benzene rings is 1. The van der Waals surface area contributed by atoms with E-state index in [2.05, 4.69) is 15.3 Å². The van der Waals surface area contributed by atoms with Crippen LogP contribution in [0, 0.1) is 0 Å². The Morgan fingerprint density at radius 3 is 3.06 bits per heavy atom. The van der Waals surface area contributed by atoms with E-state index in [0.29, 0.717) is 5.11 Å². The summed E-state index contributed by atoms with van der Waals surface area (Å²) in [5, 5.41) is 3.27. The first-order valence-corrected chi connectivity index (χ1v) is 6.86. The van der Waals surface area contributed by atoms with Crippen molar-refractivity contribution < 1.29 is 0 Å². The van der Waals surface area contributed by atoms with Gasteiger partial charge in [0.15, 0.2) is 5.11 Å². The van der Waals surface area contributed by atoms with Gasteiger partial charge >= 0.3 is 0 Å². The zero-order chi connectivity index (χ0) is 12.1. The average molecular weight is 266 g/mol. The first-order chi connectivity index (χ1) is 8.25.